The number of nitrogens with two attached hydrogens (primary N) is 1. The Kier molecular flexibility index (Phi) is 5.87. The first-order valence-electron chi connectivity index (χ1n) is 10.1. The molecule has 0 radical (unpaired) electrons. The Bertz CT molecular complexity index is 940. The first-order valence-corrected chi connectivity index (χ1v) is 10.1. The van der Waals surface area contributed by atoms with E-state index in [4.69, 9.17) is 5.84 Å². The van der Waals surface area contributed by atoms with Gasteiger partial charge in [-0.05, 0) is 31.7 Å². The van der Waals surface area contributed by atoms with Gasteiger partial charge in [0, 0.05) is 50.1 Å². The van der Waals surface area contributed by atoms with Crippen molar-refractivity contribution < 1.29 is 4.79 Å². The summed E-state index contributed by atoms with van der Waals surface area (Å²) < 4.78 is 0. The van der Waals surface area contributed by atoms with E-state index in [-0.39, 0.29) is 17.7 Å². The molecule has 2 fully saturated rings. The average molecular weight is 410 g/mol. The minimum atomic E-state index is -0.200. The number of hydrogen-bond donors (Lipinski definition) is 4. The fourth-order valence-electron chi connectivity index (χ4n) is 3.47. The van der Waals surface area contributed by atoms with Gasteiger partial charge >= 0.3 is 0 Å². The number of aromatic amines is 1. The third-order valence-corrected chi connectivity index (χ3v) is 5.25. The van der Waals surface area contributed by atoms with Crippen LogP contribution in [0.3, 0.4) is 0 Å². The number of nitrogens with zero attached hydrogens (tertiary/aromatic N) is 6. The van der Waals surface area contributed by atoms with Crippen molar-refractivity contribution in [1.82, 2.24) is 25.1 Å². The minimum absolute atomic E-state index is 0.161. The summed E-state index contributed by atoms with van der Waals surface area (Å²) in [6.07, 6.45) is 7.08. The second-order valence-electron chi connectivity index (χ2n) is 7.49. The van der Waals surface area contributed by atoms with Crippen LogP contribution < -0.4 is 16.5 Å². The van der Waals surface area contributed by atoms with Crippen molar-refractivity contribution in [2.75, 3.05) is 30.8 Å². The number of aliphatic imine (C=N–C) groups is 1. The standard InChI is InChI=1S/C19H26N10O/c1-21-11-15(26-20)18(30)29-8-5-13(6-9-29)23-19-22-7-4-16(25-19)24-17-10-14(27-28-17)12-2-3-12/h4,7,10-13H,2-3,5-6,8-9,20H2,1H3,(H3,22,23,24,25,27,28). The highest BCUT2D eigenvalue weighted by Gasteiger charge is 2.26. The van der Waals surface area contributed by atoms with Gasteiger partial charge in [-0.25, -0.2) is 4.98 Å². The molecule has 158 valence electrons. The molecular formula is C19H26N10O. The zero-order valence-electron chi connectivity index (χ0n) is 16.9. The van der Waals surface area contributed by atoms with Crippen LogP contribution in [-0.4, -0.2) is 69.1 Å². The molecule has 4 rings (SSSR count). The van der Waals surface area contributed by atoms with Gasteiger partial charge in [0.1, 0.15) is 5.82 Å². The number of H-pyrrole nitrogens is 1. The monoisotopic (exact) mass is 410 g/mol. The third kappa shape index (κ3) is 4.73. The van der Waals surface area contributed by atoms with Crippen LogP contribution in [0.2, 0.25) is 0 Å². The first kappa shape index (κ1) is 19.8. The first-order chi connectivity index (χ1) is 14.7. The van der Waals surface area contributed by atoms with Crippen molar-refractivity contribution in [3.63, 3.8) is 0 Å². The number of hydrogen-bond acceptors (Lipinski definition) is 9. The molecule has 11 nitrogen and oxygen atoms in total. The smallest absolute Gasteiger partial charge is 0.275 e. The molecule has 2 aromatic rings. The molecule has 3 heterocycles. The topological polar surface area (TPSA) is 150 Å². The summed E-state index contributed by atoms with van der Waals surface area (Å²) in [6, 6.07) is 4.01. The largest absolute Gasteiger partial charge is 0.351 e. The number of likely N-dealkylation sites (tertiary alicyclic amines) is 1. The van der Waals surface area contributed by atoms with E-state index in [1.807, 2.05) is 6.07 Å². The second-order valence-corrected chi connectivity index (χ2v) is 7.49. The zero-order chi connectivity index (χ0) is 20.9. The van der Waals surface area contributed by atoms with Crippen molar-refractivity contribution in [3.8, 4) is 0 Å². The number of amides is 1. The van der Waals surface area contributed by atoms with Crippen molar-refractivity contribution in [2.45, 2.75) is 37.6 Å². The number of piperidine rings is 1. The number of aromatic nitrogens is 4. The number of nitrogens with one attached hydrogen (secondary N) is 3. The molecule has 1 aliphatic carbocycles. The van der Waals surface area contributed by atoms with Crippen LogP contribution in [0.5, 0.6) is 0 Å². The summed E-state index contributed by atoms with van der Waals surface area (Å²) in [5.74, 6) is 7.69. The van der Waals surface area contributed by atoms with Gasteiger partial charge in [0.25, 0.3) is 5.91 Å². The van der Waals surface area contributed by atoms with Gasteiger partial charge in [0.15, 0.2) is 11.5 Å². The molecule has 0 atom stereocenters. The Balaban J connectivity index is 1.31. The summed E-state index contributed by atoms with van der Waals surface area (Å²) in [5.41, 5.74) is 1.33. The van der Waals surface area contributed by atoms with E-state index >= 15 is 0 Å². The number of carbonyl (C=O) groups is 1. The van der Waals surface area contributed by atoms with Crippen molar-refractivity contribution in [2.24, 2.45) is 15.9 Å². The number of anilines is 3. The number of hydrazone groups is 1. The molecule has 1 saturated heterocycles. The van der Waals surface area contributed by atoms with Crippen molar-refractivity contribution >= 4 is 35.4 Å². The summed E-state index contributed by atoms with van der Waals surface area (Å²) >= 11 is 0. The normalized spacial score (nSPS) is 18.0. The molecule has 1 aliphatic heterocycles. The second kappa shape index (κ2) is 8.89. The van der Waals surface area contributed by atoms with Crippen LogP contribution in [0.1, 0.15) is 37.3 Å². The summed E-state index contributed by atoms with van der Waals surface area (Å²) in [4.78, 5) is 26.8. The fourth-order valence-corrected chi connectivity index (χ4v) is 3.47. The fraction of sp³-hybridized carbons (Fsp3) is 0.474. The lowest BCUT2D eigenvalue weighted by Crippen LogP contribution is -2.45. The molecule has 5 N–H and O–H groups in total. The molecule has 11 heteroatoms. The Hall–Kier alpha value is -3.50. The molecule has 2 aliphatic rings. The zero-order valence-corrected chi connectivity index (χ0v) is 16.9. The Morgan fingerprint density at radius 1 is 1.30 bits per heavy atom. The van der Waals surface area contributed by atoms with Crippen molar-refractivity contribution in [3.05, 3.63) is 24.0 Å². The lowest BCUT2D eigenvalue weighted by Gasteiger charge is -2.32. The SMILES string of the molecule is CN=CC(=NN)C(=O)N1CCC(Nc2nccc(Nc3cc(C4CC4)[nH]n3)n2)CC1. The Labute approximate surface area is 174 Å². The van der Waals surface area contributed by atoms with Crippen LogP contribution in [0.25, 0.3) is 0 Å². The predicted octanol–water partition coefficient (Wildman–Crippen LogP) is 1.24. The molecule has 0 aromatic carbocycles. The highest BCUT2D eigenvalue weighted by molar-refractivity contribution is 6.60. The Morgan fingerprint density at radius 2 is 2.10 bits per heavy atom. The van der Waals surface area contributed by atoms with Gasteiger partial charge in [0.05, 0.1) is 6.21 Å². The maximum atomic E-state index is 12.4. The molecule has 0 unspecified atom stereocenters. The quantitative estimate of drug-likeness (QED) is 0.305. The van der Waals surface area contributed by atoms with Crippen molar-refractivity contribution in [1.29, 1.82) is 0 Å². The molecule has 0 bridgehead atoms. The lowest BCUT2D eigenvalue weighted by molar-refractivity contribution is -0.124. The van der Waals surface area contributed by atoms with Crippen LogP contribution >= 0.6 is 0 Å². The van der Waals surface area contributed by atoms with Gasteiger partial charge < -0.3 is 21.4 Å². The molecule has 2 aromatic heterocycles. The number of carbonyl (C=O) groups excluding carboxylic acids is 1. The van der Waals surface area contributed by atoms with Gasteiger partial charge in [0.2, 0.25) is 5.95 Å². The van der Waals surface area contributed by atoms with Crippen LogP contribution in [0.4, 0.5) is 17.6 Å². The lowest BCUT2D eigenvalue weighted by atomic mass is 10.0. The summed E-state index contributed by atoms with van der Waals surface area (Å²) in [6.45, 7) is 1.20. The average Bonchev–Trinajstić information content (AvgIpc) is 3.51. The summed E-state index contributed by atoms with van der Waals surface area (Å²) in [5, 5.41) is 17.5. The maximum Gasteiger partial charge on any atom is 0.275 e. The van der Waals surface area contributed by atoms with Gasteiger partial charge in [-0.3, -0.25) is 14.9 Å². The Morgan fingerprint density at radius 3 is 2.80 bits per heavy atom. The minimum Gasteiger partial charge on any atom is -0.351 e. The van der Waals surface area contributed by atoms with Crippen LogP contribution in [-0.2, 0) is 4.79 Å². The number of rotatable bonds is 7. The van der Waals surface area contributed by atoms with E-state index in [0.29, 0.717) is 30.8 Å². The highest BCUT2D eigenvalue weighted by Crippen LogP contribution is 2.39. The van der Waals surface area contributed by atoms with E-state index in [1.54, 1.807) is 24.2 Å². The molecular weight excluding hydrogens is 384 g/mol. The summed E-state index contributed by atoms with van der Waals surface area (Å²) in [7, 11) is 1.58. The van der Waals surface area contributed by atoms with E-state index in [0.717, 1.165) is 18.7 Å². The predicted molar refractivity (Wildman–Crippen MR) is 115 cm³/mol. The molecule has 1 amide bonds. The van der Waals surface area contributed by atoms with E-state index in [9.17, 15) is 4.79 Å². The van der Waals surface area contributed by atoms with Gasteiger partial charge in [-0.2, -0.15) is 15.2 Å². The molecule has 0 spiro atoms. The molecule has 30 heavy (non-hydrogen) atoms. The third-order valence-electron chi connectivity index (χ3n) is 5.25. The van der Waals surface area contributed by atoms with E-state index < -0.39 is 0 Å². The van der Waals surface area contributed by atoms with Crippen LogP contribution in [0, 0.1) is 0 Å². The van der Waals surface area contributed by atoms with Crippen LogP contribution in [0.15, 0.2) is 28.4 Å². The van der Waals surface area contributed by atoms with E-state index in [2.05, 4.69) is 40.9 Å². The van der Waals surface area contributed by atoms with E-state index in [1.165, 1.54) is 24.8 Å². The highest BCUT2D eigenvalue weighted by atomic mass is 16.2. The molecule has 1 saturated carbocycles. The maximum absolute atomic E-state index is 12.4. The van der Waals surface area contributed by atoms with Gasteiger partial charge in [-0.1, -0.05) is 0 Å². The van der Waals surface area contributed by atoms with Gasteiger partial charge in [-0.15, -0.1) is 0 Å².